The first kappa shape index (κ1) is 14.6. The summed E-state index contributed by atoms with van der Waals surface area (Å²) >= 11 is 0. The fourth-order valence-corrected chi connectivity index (χ4v) is 2.54. The van der Waals surface area contributed by atoms with Gasteiger partial charge in [0.05, 0.1) is 11.0 Å². The third-order valence-electron chi connectivity index (χ3n) is 3.77. The molecule has 0 N–H and O–H groups in total. The Labute approximate surface area is 131 Å². The Kier molecular flexibility index (Phi) is 4.42. The number of aromatic nitrogens is 2. The lowest BCUT2D eigenvalue weighted by Gasteiger charge is -2.12. The van der Waals surface area contributed by atoms with Gasteiger partial charge in [0.25, 0.3) is 0 Å². The van der Waals surface area contributed by atoms with Crippen molar-refractivity contribution in [3.8, 4) is 5.75 Å². The molecule has 0 aliphatic rings. The third-order valence-corrected chi connectivity index (χ3v) is 3.77. The highest BCUT2D eigenvalue weighted by Gasteiger charge is 2.11. The Morgan fingerprint density at radius 1 is 1.00 bits per heavy atom. The molecular formula is C19H22N2O. The molecule has 3 heteroatoms. The van der Waals surface area contributed by atoms with E-state index < -0.39 is 0 Å². The second kappa shape index (κ2) is 6.65. The minimum atomic E-state index is 0.497. The van der Waals surface area contributed by atoms with Gasteiger partial charge in [-0.2, -0.15) is 0 Å². The predicted octanol–water partition coefficient (Wildman–Crippen LogP) is 4.66. The first-order valence-electron chi connectivity index (χ1n) is 7.86. The van der Waals surface area contributed by atoms with Crippen molar-refractivity contribution in [2.24, 2.45) is 5.92 Å². The number of para-hydroxylation sites is 3. The molecule has 3 rings (SSSR count). The van der Waals surface area contributed by atoms with Gasteiger partial charge in [0.15, 0.2) is 0 Å². The molecule has 0 bridgehead atoms. The Bertz CT molecular complexity index is 732. The van der Waals surface area contributed by atoms with Gasteiger partial charge in [-0.15, -0.1) is 0 Å². The van der Waals surface area contributed by atoms with Gasteiger partial charge in [-0.25, -0.2) is 4.98 Å². The van der Waals surface area contributed by atoms with Crippen LogP contribution in [0.1, 0.15) is 26.1 Å². The molecule has 114 valence electrons. The van der Waals surface area contributed by atoms with E-state index in [1.807, 2.05) is 36.4 Å². The van der Waals surface area contributed by atoms with Crippen molar-refractivity contribution in [2.45, 2.75) is 33.4 Å². The molecule has 0 spiro atoms. The van der Waals surface area contributed by atoms with Crippen molar-refractivity contribution < 1.29 is 4.74 Å². The molecule has 22 heavy (non-hydrogen) atoms. The van der Waals surface area contributed by atoms with E-state index in [2.05, 4.69) is 36.6 Å². The molecular weight excluding hydrogens is 272 g/mol. The summed E-state index contributed by atoms with van der Waals surface area (Å²) in [7, 11) is 0. The summed E-state index contributed by atoms with van der Waals surface area (Å²) in [6.07, 6.45) is 1.14. The molecule has 0 radical (unpaired) electrons. The zero-order chi connectivity index (χ0) is 15.4. The number of imidazole rings is 1. The van der Waals surface area contributed by atoms with E-state index in [0.717, 1.165) is 30.1 Å². The molecule has 0 atom stereocenters. The van der Waals surface area contributed by atoms with Gasteiger partial charge in [-0.3, -0.25) is 0 Å². The van der Waals surface area contributed by atoms with Crippen LogP contribution in [0.25, 0.3) is 11.0 Å². The second-order valence-corrected chi connectivity index (χ2v) is 5.95. The summed E-state index contributed by atoms with van der Waals surface area (Å²) in [5.74, 6) is 2.54. The van der Waals surface area contributed by atoms with Crippen LogP contribution in [-0.2, 0) is 13.2 Å². The number of ether oxygens (including phenoxy) is 1. The number of rotatable bonds is 6. The molecule has 3 nitrogen and oxygen atoms in total. The van der Waals surface area contributed by atoms with E-state index in [-0.39, 0.29) is 0 Å². The molecule has 0 saturated heterocycles. The predicted molar refractivity (Wildman–Crippen MR) is 90.0 cm³/mol. The van der Waals surface area contributed by atoms with Crippen LogP contribution >= 0.6 is 0 Å². The van der Waals surface area contributed by atoms with E-state index in [9.17, 15) is 0 Å². The Balaban J connectivity index is 1.85. The number of hydrogen-bond acceptors (Lipinski definition) is 2. The van der Waals surface area contributed by atoms with Crippen molar-refractivity contribution in [1.82, 2.24) is 9.55 Å². The Morgan fingerprint density at radius 2 is 1.73 bits per heavy atom. The van der Waals surface area contributed by atoms with Gasteiger partial charge in [0.1, 0.15) is 18.2 Å². The quantitative estimate of drug-likeness (QED) is 0.661. The van der Waals surface area contributed by atoms with Crippen LogP contribution in [0, 0.1) is 5.92 Å². The summed E-state index contributed by atoms with van der Waals surface area (Å²) in [4.78, 5) is 4.74. The lowest BCUT2D eigenvalue weighted by atomic mass is 10.1. The third kappa shape index (κ3) is 3.30. The van der Waals surface area contributed by atoms with E-state index in [4.69, 9.17) is 9.72 Å². The molecule has 3 aromatic rings. The van der Waals surface area contributed by atoms with Crippen LogP contribution in [0.15, 0.2) is 54.6 Å². The van der Waals surface area contributed by atoms with Gasteiger partial charge in [-0.1, -0.05) is 44.2 Å². The van der Waals surface area contributed by atoms with Crippen LogP contribution < -0.4 is 4.74 Å². The largest absolute Gasteiger partial charge is 0.486 e. The average Bonchev–Trinajstić information content (AvgIpc) is 2.89. The van der Waals surface area contributed by atoms with Crippen molar-refractivity contribution >= 4 is 11.0 Å². The number of fused-ring (bicyclic) bond motifs is 1. The first-order chi connectivity index (χ1) is 10.7. The topological polar surface area (TPSA) is 27.1 Å². The number of benzene rings is 2. The first-order valence-corrected chi connectivity index (χ1v) is 7.86. The average molecular weight is 294 g/mol. The molecule has 0 aliphatic heterocycles. The standard InChI is InChI=1S/C19H22N2O/c1-15(2)12-13-21-18-11-7-6-10-17(18)20-19(21)14-22-16-8-4-3-5-9-16/h3-11,15H,12-14H2,1-2H3. The van der Waals surface area contributed by atoms with Crippen molar-refractivity contribution in [1.29, 1.82) is 0 Å². The smallest absolute Gasteiger partial charge is 0.147 e. The minimum Gasteiger partial charge on any atom is -0.486 e. The van der Waals surface area contributed by atoms with E-state index in [1.165, 1.54) is 5.52 Å². The zero-order valence-electron chi connectivity index (χ0n) is 13.2. The maximum Gasteiger partial charge on any atom is 0.147 e. The van der Waals surface area contributed by atoms with E-state index >= 15 is 0 Å². The van der Waals surface area contributed by atoms with Crippen LogP contribution in [0.5, 0.6) is 5.75 Å². The molecule has 2 aromatic carbocycles. The fourth-order valence-electron chi connectivity index (χ4n) is 2.54. The fraction of sp³-hybridized carbons (Fsp3) is 0.316. The summed E-state index contributed by atoms with van der Waals surface area (Å²) in [6, 6.07) is 18.2. The molecule has 0 unspecified atom stereocenters. The van der Waals surface area contributed by atoms with Gasteiger partial charge >= 0.3 is 0 Å². The van der Waals surface area contributed by atoms with E-state index in [1.54, 1.807) is 0 Å². The maximum absolute atomic E-state index is 5.89. The molecule has 0 aliphatic carbocycles. The van der Waals surface area contributed by atoms with Crippen molar-refractivity contribution in [2.75, 3.05) is 0 Å². The lowest BCUT2D eigenvalue weighted by Crippen LogP contribution is -2.09. The molecule has 0 amide bonds. The maximum atomic E-state index is 5.89. The van der Waals surface area contributed by atoms with Gasteiger partial charge < -0.3 is 9.30 Å². The SMILES string of the molecule is CC(C)CCn1c(COc2ccccc2)nc2ccccc21. The van der Waals surface area contributed by atoms with Crippen molar-refractivity contribution in [3.63, 3.8) is 0 Å². The van der Waals surface area contributed by atoms with Crippen LogP contribution in [0.4, 0.5) is 0 Å². The number of nitrogens with zero attached hydrogens (tertiary/aromatic N) is 2. The Hall–Kier alpha value is -2.29. The highest BCUT2D eigenvalue weighted by atomic mass is 16.5. The minimum absolute atomic E-state index is 0.497. The molecule has 0 saturated carbocycles. The van der Waals surface area contributed by atoms with Gasteiger partial charge in [0, 0.05) is 6.54 Å². The van der Waals surface area contributed by atoms with E-state index in [0.29, 0.717) is 12.5 Å². The summed E-state index contributed by atoms with van der Waals surface area (Å²) in [5, 5.41) is 0. The second-order valence-electron chi connectivity index (χ2n) is 5.95. The number of aryl methyl sites for hydroxylation is 1. The van der Waals surface area contributed by atoms with Crippen LogP contribution in [0.2, 0.25) is 0 Å². The van der Waals surface area contributed by atoms with Crippen molar-refractivity contribution in [3.05, 3.63) is 60.4 Å². The summed E-state index contributed by atoms with van der Waals surface area (Å²) < 4.78 is 8.18. The van der Waals surface area contributed by atoms with Crippen LogP contribution in [-0.4, -0.2) is 9.55 Å². The normalized spacial score (nSPS) is 11.2. The zero-order valence-corrected chi connectivity index (χ0v) is 13.2. The highest BCUT2D eigenvalue weighted by molar-refractivity contribution is 5.75. The summed E-state index contributed by atoms with van der Waals surface area (Å²) in [5.41, 5.74) is 2.23. The lowest BCUT2D eigenvalue weighted by molar-refractivity contribution is 0.288. The molecule has 1 heterocycles. The Morgan fingerprint density at radius 3 is 2.50 bits per heavy atom. The molecule has 0 fully saturated rings. The van der Waals surface area contributed by atoms with Gasteiger partial charge in [-0.05, 0) is 36.6 Å². The van der Waals surface area contributed by atoms with Gasteiger partial charge in [0.2, 0.25) is 0 Å². The highest BCUT2D eigenvalue weighted by Crippen LogP contribution is 2.19. The number of hydrogen-bond donors (Lipinski definition) is 0. The summed E-state index contributed by atoms with van der Waals surface area (Å²) in [6.45, 7) is 5.97. The molecule has 1 aromatic heterocycles. The monoisotopic (exact) mass is 294 g/mol. The van der Waals surface area contributed by atoms with Crippen LogP contribution in [0.3, 0.4) is 0 Å².